The Hall–Kier alpha value is -0.695. The van der Waals surface area contributed by atoms with Gasteiger partial charge in [-0.25, -0.2) is 0 Å². The van der Waals surface area contributed by atoms with Crippen LogP contribution in [0.15, 0.2) is 16.5 Å². The van der Waals surface area contributed by atoms with Crippen LogP contribution in [-0.4, -0.2) is 7.85 Å². The Bertz CT molecular complexity index is 173. The summed E-state index contributed by atoms with van der Waals surface area (Å²) in [4.78, 5) is 0. The maximum absolute atomic E-state index is 5.23. The molecule has 2 N–H and O–H groups in total. The van der Waals surface area contributed by atoms with Crippen molar-refractivity contribution in [2.45, 2.75) is 6.54 Å². The maximum atomic E-state index is 5.23. The van der Waals surface area contributed by atoms with E-state index in [9.17, 15) is 0 Å². The first kappa shape index (κ1) is 5.44. The quantitative estimate of drug-likeness (QED) is 0.492. The third-order valence-electron chi connectivity index (χ3n) is 0.884. The van der Waals surface area contributed by atoms with Gasteiger partial charge in [-0.15, -0.1) is 0 Å². The maximum Gasteiger partial charge on any atom is 0.167 e. The molecule has 0 fully saturated rings. The fourth-order valence-electron chi connectivity index (χ4n) is 0.504. The van der Waals surface area contributed by atoms with Crippen molar-refractivity contribution in [1.82, 2.24) is 0 Å². The molecule has 0 aliphatic heterocycles. The van der Waals surface area contributed by atoms with Crippen LogP contribution >= 0.6 is 0 Å². The van der Waals surface area contributed by atoms with Crippen molar-refractivity contribution in [3.8, 4) is 0 Å². The van der Waals surface area contributed by atoms with E-state index in [0.29, 0.717) is 12.2 Å². The monoisotopic (exact) mass is 107 g/mol. The summed E-state index contributed by atoms with van der Waals surface area (Å²) in [6.45, 7) is 0.414. The van der Waals surface area contributed by atoms with E-state index in [2.05, 4.69) is 0 Å². The molecule has 0 saturated heterocycles. The van der Waals surface area contributed by atoms with Crippen LogP contribution in [0.2, 0.25) is 0 Å². The lowest BCUT2D eigenvalue weighted by Crippen LogP contribution is -1.97. The summed E-state index contributed by atoms with van der Waals surface area (Å²) in [5, 5.41) is 0. The van der Waals surface area contributed by atoms with E-state index in [1.807, 2.05) is 0 Å². The van der Waals surface area contributed by atoms with Crippen molar-refractivity contribution in [2.24, 2.45) is 5.73 Å². The van der Waals surface area contributed by atoms with E-state index in [0.717, 1.165) is 5.76 Å². The molecule has 3 heteroatoms. The first-order chi connectivity index (χ1) is 3.83. The van der Waals surface area contributed by atoms with Gasteiger partial charge in [0.2, 0.25) is 0 Å². The Morgan fingerprint density at radius 2 is 2.38 bits per heavy atom. The Balaban J connectivity index is 2.84. The molecule has 0 bridgehead atoms. The van der Waals surface area contributed by atoms with Gasteiger partial charge in [-0.05, 0) is 12.1 Å². The van der Waals surface area contributed by atoms with Gasteiger partial charge in [0.25, 0.3) is 0 Å². The number of hydrogen-bond donors (Lipinski definition) is 1. The fraction of sp³-hybridized carbons (Fsp3) is 0.200. The Labute approximate surface area is 49.1 Å². The predicted octanol–water partition coefficient (Wildman–Crippen LogP) is -0.468. The summed E-state index contributed by atoms with van der Waals surface area (Å²) < 4.78 is 4.89. The summed E-state index contributed by atoms with van der Waals surface area (Å²) in [5.41, 5.74) is 5.64. The second-order valence-electron chi connectivity index (χ2n) is 1.51. The summed E-state index contributed by atoms with van der Waals surface area (Å²) in [6, 6.07) is 3.44. The van der Waals surface area contributed by atoms with Gasteiger partial charge in [-0.1, -0.05) is 0 Å². The average Bonchev–Trinajstić information content (AvgIpc) is 2.14. The second kappa shape index (κ2) is 2.05. The fourth-order valence-corrected chi connectivity index (χ4v) is 0.504. The Morgan fingerprint density at radius 3 is 2.62 bits per heavy atom. The topological polar surface area (TPSA) is 39.2 Å². The average molecular weight is 107 g/mol. The van der Waals surface area contributed by atoms with Crippen LogP contribution in [-0.2, 0) is 6.54 Å². The highest BCUT2D eigenvalue weighted by molar-refractivity contribution is 6.29. The predicted molar refractivity (Wildman–Crippen MR) is 32.0 cm³/mol. The Kier molecular flexibility index (Phi) is 1.39. The van der Waals surface area contributed by atoms with Crippen LogP contribution in [0.25, 0.3) is 0 Å². The van der Waals surface area contributed by atoms with E-state index < -0.39 is 0 Å². The lowest BCUT2D eigenvalue weighted by molar-refractivity contribution is 0.541. The smallest absolute Gasteiger partial charge is 0.167 e. The van der Waals surface area contributed by atoms with E-state index >= 15 is 0 Å². The Morgan fingerprint density at radius 1 is 1.62 bits per heavy atom. The molecule has 0 unspecified atom stereocenters. The van der Waals surface area contributed by atoms with Crippen LogP contribution in [0, 0.1) is 0 Å². The van der Waals surface area contributed by atoms with Crippen LogP contribution in [0.3, 0.4) is 0 Å². The number of nitrogens with two attached hydrogens (primary N) is 1. The zero-order valence-electron chi connectivity index (χ0n) is 4.42. The zero-order valence-corrected chi connectivity index (χ0v) is 4.42. The molecule has 8 heavy (non-hydrogen) atoms. The first-order valence-corrected chi connectivity index (χ1v) is 2.37. The molecule has 1 aromatic rings. The molecule has 2 nitrogen and oxygen atoms in total. The lowest BCUT2D eigenvalue weighted by Gasteiger charge is -1.83. The normalized spacial score (nSPS) is 9.62. The largest absolute Gasteiger partial charge is 0.476 e. The number of furan rings is 1. The molecule has 0 aromatic carbocycles. The summed E-state index contributed by atoms with van der Waals surface area (Å²) in [7, 11) is 5.23. The molecule has 1 heterocycles. The lowest BCUT2D eigenvalue weighted by atomic mass is 10.1. The molecule has 0 atom stereocenters. The van der Waals surface area contributed by atoms with Gasteiger partial charge < -0.3 is 10.2 Å². The highest BCUT2D eigenvalue weighted by atomic mass is 16.3. The van der Waals surface area contributed by atoms with Crippen molar-refractivity contribution in [2.75, 3.05) is 0 Å². The summed E-state index contributed by atoms with van der Waals surface area (Å²) in [6.07, 6.45) is 0. The van der Waals surface area contributed by atoms with Gasteiger partial charge in [0.15, 0.2) is 7.85 Å². The highest BCUT2D eigenvalue weighted by Gasteiger charge is 1.90. The standard InChI is InChI=1S/C5H6BNO/c6-5-2-1-4(3-7)8-5/h1-2H,3,7H2. The third kappa shape index (κ3) is 0.926. The van der Waals surface area contributed by atoms with Gasteiger partial charge in [0.05, 0.1) is 6.54 Å². The second-order valence-corrected chi connectivity index (χ2v) is 1.51. The van der Waals surface area contributed by atoms with Gasteiger partial charge in [-0.2, -0.15) is 0 Å². The van der Waals surface area contributed by atoms with Gasteiger partial charge >= 0.3 is 0 Å². The zero-order chi connectivity index (χ0) is 5.98. The van der Waals surface area contributed by atoms with Crippen molar-refractivity contribution >= 4 is 13.5 Å². The van der Waals surface area contributed by atoms with Gasteiger partial charge in [0.1, 0.15) is 5.76 Å². The molecule has 0 amide bonds. The minimum absolute atomic E-state index is 0.414. The van der Waals surface area contributed by atoms with E-state index in [1.165, 1.54) is 0 Å². The van der Waals surface area contributed by atoms with Crippen molar-refractivity contribution < 1.29 is 4.42 Å². The summed E-state index contributed by atoms with van der Waals surface area (Å²) in [5.74, 6) is 0.725. The molecule has 40 valence electrons. The molecular formula is C5H6BNO. The first-order valence-electron chi connectivity index (χ1n) is 2.37. The molecule has 0 spiro atoms. The van der Waals surface area contributed by atoms with Crippen LogP contribution < -0.4 is 11.4 Å². The van der Waals surface area contributed by atoms with E-state index in [1.54, 1.807) is 12.1 Å². The van der Waals surface area contributed by atoms with Crippen molar-refractivity contribution in [3.63, 3.8) is 0 Å². The van der Waals surface area contributed by atoms with Gasteiger partial charge in [0, 0.05) is 5.66 Å². The van der Waals surface area contributed by atoms with Crippen LogP contribution in [0.1, 0.15) is 5.76 Å². The minimum Gasteiger partial charge on any atom is -0.476 e. The van der Waals surface area contributed by atoms with Crippen LogP contribution in [0.5, 0.6) is 0 Å². The SMILES string of the molecule is [B]c1ccc(CN)o1. The minimum atomic E-state index is 0.414. The third-order valence-corrected chi connectivity index (χ3v) is 0.884. The summed E-state index contributed by atoms with van der Waals surface area (Å²) >= 11 is 0. The molecule has 0 aliphatic carbocycles. The van der Waals surface area contributed by atoms with Gasteiger partial charge in [-0.3, -0.25) is 0 Å². The van der Waals surface area contributed by atoms with Crippen molar-refractivity contribution in [1.29, 1.82) is 0 Å². The number of rotatable bonds is 1. The van der Waals surface area contributed by atoms with Crippen molar-refractivity contribution in [3.05, 3.63) is 17.9 Å². The molecular weight excluding hydrogens is 101 g/mol. The van der Waals surface area contributed by atoms with E-state index in [-0.39, 0.29) is 0 Å². The molecule has 1 aromatic heterocycles. The molecule has 2 radical (unpaired) electrons. The molecule has 0 aliphatic rings. The highest BCUT2D eigenvalue weighted by Crippen LogP contribution is 1.92. The van der Waals surface area contributed by atoms with Crippen LogP contribution in [0.4, 0.5) is 0 Å². The van der Waals surface area contributed by atoms with E-state index in [4.69, 9.17) is 18.0 Å². The molecule has 0 saturated carbocycles. The number of hydrogen-bond acceptors (Lipinski definition) is 2. The molecule has 1 rings (SSSR count).